The summed E-state index contributed by atoms with van der Waals surface area (Å²) in [6.45, 7) is 9.57. The van der Waals surface area contributed by atoms with E-state index in [9.17, 15) is 0 Å². The van der Waals surface area contributed by atoms with Gasteiger partial charge in [0.1, 0.15) is 39.1 Å². The Morgan fingerprint density at radius 1 is 0.861 bits per heavy atom. The fraction of sp³-hybridized carbons (Fsp3) is 0.389. The van der Waals surface area contributed by atoms with Gasteiger partial charge in [-0.2, -0.15) is 27.7 Å². The average molecular weight is 603 g/mol. The fourth-order valence-corrected chi connectivity index (χ4v) is 3.89. The molecular weight excluding hydrogens is 577 g/mol. The number of hydrogen-bond acceptors (Lipinski definition) is 17. The van der Waals surface area contributed by atoms with Crippen molar-refractivity contribution < 1.29 is 0 Å². The molecule has 0 bridgehead atoms. The van der Waals surface area contributed by atoms with E-state index >= 15 is 0 Å². The molecule has 6 heterocycles. The monoisotopic (exact) mass is 602 g/mol. The Morgan fingerprint density at radius 3 is 1.86 bits per heavy atom. The van der Waals surface area contributed by atoms with Gasteiger partial charge in [-0.1, -0.05) is 4.49 Å². The Balaban J connectivity index is 0.000000216. The van der Waals surface area contributed by atoms with Gasteiger partial charge in [-0.15, -0.1) is 37.1 Å². The molecule has 12 nitrogen and oxygen atoms in total. The number of aryl methyl sites for hydroxylation is 5. The third kappa shape index (κ3) is 18.9. The van der Waals surface area contributed by atoms with Gasteiger partial charge in [0.2, 0.25) is 0 Å². The SMILES string of the molecule is CS1=CN=NC1.Cc1cnsn1.Cc1csnn1.Cc1ncns1.Cc1ncsn1.Cc1nncs1. The van der Waals surface area contributed by atoms with Crippen LogP contribution in [0.15, 0.2) is 39.2 Å². The minimum atomic E-state index is 0.369. The molecule has 0 radical (unpaired) electrons. The third-order valence-corrected chi connectivity index (χ3v) is 6.85. The molecule has 36 heavy (non-hydrogen) atoms. The highest BCUT2D eigenvalue weighted by Gasteiger charge is 1.86. The van der Waals surface area contributed by atoms with Crippen molar-refractivity contribution in [2.75, 3.05) is 12.1 Å². The fourth-order valence-electron chi connectivity index (χ4n) is 1.37. The smallest absolute Gasteiger partial charge is 0.139 e. The predicted molar refractivity (Wildman–Crippen MR) is 153 cm³/mol. The van der Waals surface area contributed by atoms with E-state index in [4.69, 9.17) is 0 Å². The van der Waals surface area contributed by atoms with Gasteiger partial charge in [-0.25, -0.2) is 9.97 Å². The van der Waals surface area contributed by atoms with Gasteiger partial charge in [0, 0.05) is 5.38 Å². The summed E-state index contributed by atoms with van der Waals surface area (Å²) in [5, 5.41) is 22.3. The maximum Gasteiger partial charge on any atom is 0.139 e. The van der Waals surface area contributed by atoms with Crippen LogP contribution >= 0.6 is 68.1 Å². The van der Waals surface area contributed by atoms with Crippen LogP contribution in [-0.2, 0) is 0 Å². The highest BCUT2D eigenvalue weighted by molar-refractivity contribution is 8.14. The summed E-state index contributed by atoms with van der Waals surface area (Å²) in [7, 11) is 0.369. The van der Waals surface area contributed by atoms with E-state index in [-0.39, 0.29) is 0 Å². The Morgan fingerprint density at radius 2 is 1.69 bits per heavy atom. The molecule has 0 amide bonds. The first kappa shape index (κ1) is 31.6. The van der Waals surface area contributed by atoms with Crippen LogP contribution in [0, 0.1) is 34.6 Å². The minimum Gasteiger partial charge on any atom is -0.228 e. The van der Waals surface area contributed by atoms with E-state index < -0.39 is 0 Å². The lowest BCUT2D eigenvalue weighted by Gasteiger charge is -1.78. The van der Waals surface area contributed by atoms with Crippen LogP contribution in [0.25, 0.3) is 0 Å². The maximum atomic E-state index is 3.85. The van der Waals surface area contributed by atoms with Crippen LogP contribution in [0.2, 0.25) is 0 Å². The molecule has 5 aromatic heterocycles. The molecule has 6 rings (SSSR count). The Kier molecular flexibility index (Phi) is 18.3. The molecule has 0 fully saturated rings. The third-order valence-electron chi connectivity index (χ3n) is 2.92. The Bertz CT molecular complexity index is 969. The maximum absolute atomic E-state index is 3.85. The van der Waals surface area contributed by atoms with Crippen LogP contribution in [0.3, 0.4) is 0 Å². The second-order valence-corrected chi connectivity index (χ2v) is 11.8. The lowest BCUT2D eigenvalue weighted by atomic mass is 10.6. The number of nitrogens with zero attached hydrogens (tertiary/aromatic N) is 12. The molecule has 194 valence electrons. The van der Waals surface area contributed by atoms with Gasteiger partial charge >= 0.3 is 0 Å². The molecule has 1 atom stereocenters. The zero-order chi connectivity index (χ0) is 26.4. The summed E-state index contributed by atoms with van der Waals surface area (Å²) in [4.78, 5) is 7.65. The van der Waals surface area contributed by atoms with Crippen LogP contribution in [0.4, 0.5) is 0 Å². The van der Waals surface area contributed by atoms with Crippen molar-refractivity contribution in [1.29, 1.82) is 0 Å². The van der Waals surface area contributed by atoms with Crippen LogP contribution in [0.5, 0.6) is 0 Å². The van der Waals surface area contributed by atoms with Gasteiger partial charge < -0.3 is 0 Å². The molecule has 5 aromatic rings. The average Bonchev–Trinajstić information content (AvgIpc) is 3.67. The van der Waals surface area contributed by atoms with Crippen molar-refractivity contribution in [3.63, 3.8) is 0 Å². The number of hydrogen-bond donors (Lipinski definition) is 0. The van der Waals surface area contributed by atoms with E-state index in [2.05, 4.69) is 63.7 Å². The molecule has 0 spiro atoms. The molecule has 18 heteroatoms. The quantitative estimate of drug-likeness (QED) is 0.213. The van der Waals surface area contributed by atoms with Gasteiger partial charge in [0.25, 0.3) is 0 Å². The first-order valence-corrected chi connectivity index (χ1v) is 15.8. The molecule has 0 aromatic carbocycles. The van der Waals surface area contributed by atoms with Crippen LogP contribution in [-0.4, -0.2) is 64.9 Å². The van der Waals surface area contributed by atoms with Crippen molar-refractivity contribution in [3.8, 4) is 0 Å². The van der Waals surface area contributed by atoms with Crippen molar-refractivity contribution in [3.05, 3.63) is 56.2 Å². The molecule has 0 N–H and O–H groups in total. The summed E-state index contributed by atoms with van der Waals surface area (Å²) in [5.41, 5.74) is 7.32. The number of azo groups is 1. The zero-order valence-electron chi connectivity index (χ0n) is 20.5. The molecule has 0 saturated heterocycles. The van der Waals surface area contributed by atoms with Crippen molar-refractivity contribution in [2.45, 2.75) is 34.6 Å². The molecular formula is C18H26N12S6. The largest absolute Gasteiger partial charge is 0.228 e. The molecule has 1 aliphatic heterocycles. The van der Waals surface area contributed by atoms with E-state index in [1.54, 1.807) is 34.9 Å². The number of rotatable bonds is 0. The van der Waals surface area contributed by atoms with E-state index in [0.29, 0.717) is 10.5 Å². The topological polar surface area (TPSA) is 154 Å². The number of aromatic nitrogens is 10. The lowest BCUT2D eigenvalue weighted by molar-refractivity contribution is 1.05. The molecule has 1 aliphatic rings. The van der Waals surface area contributed by atoms with Crippen molar-refractivity contribution in [1.82, 2.24) is 47.2 Å². The van der Waals surface area contributed by atoms with Gasteiger partial charge in [0.05, 0.1) is 34.8 Å². The molecule has 1 unspecified atom stereocenters. The summed E-state index contributed by atoms with van der Waals surface area (Å²) in [6, 6.07) is 0. The standard InChI is InChI=1S/C3H6N2S.5C3H4N2S/c1-6-2-4-5-3-6;1-3-5-4-2-6-3;1-3-4-2-6-5-3;1-3-4-2-5-6-3;1-3-2-6-5-4-3;1-3-2-4-6-5-3/h2H,3H2,1H3;5*2H,1H3. The van der Waals surface area contributed by atoms with Gasteiger partial charge in [0.15, 0.2) is 0 Å². The first-order chi connectivity index (χ1) is 17.4. The summed E-state index contributed by atoms with van der Waals surface area (Å²) >= 11 is 6.97. The lowest BCUT2D eigenvalue weighted by Crippen LogP contribution is -1.66. The first-order valence-electron chi connectivity index (χ1n) is 9.85. The summed E-state index contributed by atoms with van der Waals surface area (Å²) < 4.78 is 18.8. The van der Waals surface area contributed by atoms with Gasteiger partial charge in [-0.05, 0) is 75.5 Å². The van der Waals surface area contributed by atoms with Gasteiger partial charge in [-0.3, -0.25) is 0 Å². The van der Waals surface area contributed by atoms with E-state index in [1.807, 2.05) is 45.5 Å². The second kappa shape index (κ2) is 20.8. The summed E-state index contributed by atoms with van der Waals surface area (Å²) in [6.07, 6.45) is 5.42. The van der Waals surface area contributed by atoms with E-state index in [0.717, 1.165) is 33.1 Å². The summed E-state index contributed by atoms with van der Waals surface area (Å²) in [5.74, 6) is 1.78. The highest BCUT2D eigenvalue weighted by atomic mass is 32.2. The molecule has 0 aliphatic carbocycles. The normalized spacial score (nSPS) is 12.4. The van der Waals surface area contributed by atoms with Crippen molar-refractivity contribution in [2.24, 2.45) is 10.2 Å². The van der Waals surface area contributed by atoms with Crippen LogP contribution in [0.1, 0.15) is 27.2 Å². The minimum absolute atomic E-state index is 0.369. The highest BCUT2D eigenvalue weighted by Crippen LogP contribution is 2.09. The van der Waals surface area contributed by atoms with Crippen molar-refractivity contribution >= 4 is 73.6 Å². The zero-order valence-corrected chi connectivity index (χ0v) is 25.4. The Labute approximate surface area is 232 Å². The predicted octanol–water partition coefficient (Wildman–Crippen LogP) is 5.30. The van der Waals surface area contributed by atoms with E-state index in [1.165, 1.54) is 46.3 Å². The molecule has 0 saturated carbocycles. The Hall–Kier alpha value is -2.38. The second-order valence-electron chi connectivity index (χ2n) is 6.17. The van der Waals surface area contributed by atoms with Crippen LogP contribution < -0.4 is 0 Å².